The van der Waals surface area contributed by atoms with Crippen LogP contribution in [0.4, 0.5) is 5.69 Å². The lowest BCUT2D eigenvalue weighted by molar-refractivity contribution is -0.138. The molecule has 0 aliphatic carbocycles. The van der Waals surface area contributed by atoms with E-state index in [9.17, 15) is 14.4 Å². The van der Waals surface area contributed by atoms with Crippen LogP contribution in [0.3, 0.4) is 0 Å². The smallest absolute Gasteiger partial charge is 0.337 e. The molecule has 0 radical (unpaired) electrons. The lowest BCUT2D eigenvalue weighted by atomic mass is 10.1. The quantitative estimate of drug-likeness (QED) is 0.694. The predicted octanol–water partition coefficient (Wildman–Crippen LogP) is 0.867. The summed E-state index contributed by atoms with van der Waals surface area (Å²) in [5.41, 5.74) is 5.76. The molecule has 8 heteroatoms. The van der Waals surface area contributed by atoms with Gasteiger partial charge in [0.05, 0.1) is 35.8 Å². The van der Waals surface area contributed by atoms with Gasteiger partial charge >= 0.3 is 11.9 Å². The van der Waals surface area contributed by atoms with E-state index in [4.69, 9.17) is 22.4 Å². The Labute approximate surface area is 119 Å². The van der Waals surface area contributed by atoms with Crippen molar-refractivity contribution in [2.75, 3.05) is 12.4 Å². The van der Waals surface area contributed by atoms with Gasteiger partial charge in [-0.3, -0.25) is 9.59 Å². The highest BCUT2D eigenvalue weighted by atomic mass is 35.5. The van der Waals surface area contributed by atoms with Gasteiger partial charge in [-0.1, -0.05) is 11.6 Å². The number of carbonyl (C=O) groups excluding carboxylic acids is 2. The Morgan fingerprint density at radius 1 is 1.45 bits per heavy atom. The number of anilines is 1. The van der Waals surface area contributed by atoms with Crippen molar-refractivity contribution in [1.29, 1.82) is 0 Å². The molecule has 108 valence electrons. The van der Waals surface area contributed by atoms with Crippen molar-refractivity contribution in [3.8, 4) is 0 Å². The van der Waals surface area contributed by atoms with Crippen LogP contribution in [0, 0.1) is 0 Å². The first-order valence-corrected chi connectivity index (χ1v) is 5.89. The third kappa shape index (κ3) is 4.22. The van der Waals surface area contributed by atoms with Crippen molar-refractivity contribution in [3.63, 3.8) is 0 Å². The first-order chi connectivity index (χ1) is 9.35. The molecular weight excluding hydrogens is 288 g/mol. The monoisotopic (exact) mass is 300 g/mol. The molecule has 1 amide bonds. The van der Waals surface area contributed by atoms with Crippen molar-refractivity contribution >= 4 is 35.1 Å². The number of rotatable bonds is 5. The number of carbonyl (C=O) groups is 3. The van der Waals surface area contributed by atoms with E-state index >= 15 is 0 Å². The topological polar surface area (TPSA) is 119 Å². The Morgan fingerprint density at radius 3 is 2.65 bits per heavy atom. The molecule has 0 aliphatic rings. The highest BCUT2D eigenvalue weighted by Crippen LogP contribution is 2.23. The average Bonchev–Trinajstić information content (AvgIpc) is 2.39. The maximum atomic E-state index is 11.7. The molecule has 0 aromatic heterocycles. The molecule has 1 atom stereocenters. The van der Waals surface area contributed by atoms with Crippen molar-refractivity contribution in [1.82, 2.24) is 0 Å². The van der Waals surface area contributed by atoms with E-state index in [0.29, 0.717) is 0 Å². The highest BCUT2D eigenvalue weighted by molar-refractivity contribution is 6.34. The van der Waals surface area contributed by atoms with Crippen LogP contribution in [0.2, 0.25) is 5.02 Å². The summed E-state index contributed by atoms with van der Waals surface area (Å²) in [4.78, 5) is 33.5. The summed E-state index contributed by atoms with van der Waals surface area (Å²) in [5.74, 6) is -2.50. The second-order valence-corrected chi connectivity index (χ2v) is 4.29. The molecule has 0 saturated heterocycles. The van der Waals surface area contributed by atoms with Crippen LogP contribution < -0.4 is 11.1 Å². The summed E-state index contributed by atoms with van der Waals surface area (Å²) in [5, 5.41) is 11.1. The molecular formula is C12H13ClN2O5. The van der Waals surface area contributed by atoms with Gasteiger partial charge in [-0.05, 0) is 18.2 Å². The minimum absolute atomic E-state index is 0.153. The van der Waals surface area contributed by atoms with Crippen LogP contribution in [0.15, 0.2) is 18.2 Å². The lowest BCUT2D eigenvalue weighted by Gasteiger charge is -2.12. The fourth-order valence-corrected chi connectivity index (χ4v) is 1.54. The number of esters is 1. The zero-order valence-corrected chi connectivity index (χ0v) is 11.3. The Morgan fingerprint density at radius 2 is 2.10 bits per heavy atom. The van der Waals surface area contributed by atoms with Crippen LogP contribution in [-0.4, -0.2) is 36.1 Å². The maximum absolute atomic E-state index is 11.7. The van der Waals surface area contributed by atoms with Crippen molar-refractivity contribution < 1.29 is 24.2 Å². The van der Waals surface area contributed by atoms with Gasteiger partial charge in [0.1, 0.15) is 0 Å². The maximum Gasteiger partial charge on any atom is 0.337 e. The van der Waals surface area contributed by atoms with E-state index in [0.717, 1.165) is 0 Å². The number of aliphatic carboxylic acids is 1. The normalized spacial score (nSPS) is 11.6. The second kappa shape index (κ2) is 6.88. The van der Waals surface area contributed by atoms with Crippen LogP contribution in [-0.2, 0) is 14.3 Å². The van der Waals surface area contributed by atoms with E-state index in [1.165, 1.54) is 25.3 Å². The fourth-order valence-electron chi connectivity index (χ4n) is 1.37. The molecule has 0 saturated carbocycles. The molecule has 0 fully saturated rings. The minimum atomic E-state index is -1.22. The van der Waals surface area contributed by atoms with Crippen molar-refractivity contribution in [3.05, 3.63) is 28.8 Å². The zero-order chi connectivity index (χ0) is 15.3. The number of halogens is 1. The molecule has 4 N–H and O–H groups in total. The summed E-state index contributed by atoms with van der Waals surface area (Å²) >= 11 is 5.87. The van der Waals surface area contributed by atoms with E-state index in [-0.39, 0.29) is 16.3 Å². The molecule has 0 aliphatic heterocycles. The average molecular weight is 301 g/mol. The van der Waals surface area contributed by atoms with E-state index < -0.39 is 30.3 Å². The fraction of sp³-hybridized carbons (Fsp3) is 0.250. The molecule has 0 heterocycles. The summed E-state index contributed by atoms with van der Waals surface area (Å²) in [6.07, 6.45) is -0.514. The van der Waals surface area contributed by atoms with Gasteiger partial charge in [0.2, 0.25) is 5.91 Å². The summed E-state index contributed by atoms with van der Waals surface area (Å²) in [6, 6.07) is 2.94. The van der Waals surface area contributed by atoms with Crippen LogP contribution in [0.1, 0.15) is 16.8 Å². The van der Waals surface area contributed by atoms with Gasteiger partial charge in [0.25, 0.3) is 0 Å². The number of amides is 1. The molecule has 20 heavy (non-hydrogen) atoms. The number of nitrogens with two attached hydrogens (primary N) is 1. The van der Waals surface area contributed by atoms with E-state index in [2.05, 4.69) is 10.1 Å². The zero-order valence-electron chi connectivity index (χ0n) is 10.6. The lowest BCUT2D eigenvalue weighted by Crippen LogP contribution is -2.37. The third-order valence-electron chi connectivity index (χ3n) is 2.38. The summed E-state index contributed by atoms with van der Waals surface area (Å²) in [6.45, 7) is 0. The first-order valence-electron chi connectivity index (χ1n) is 5.51. The number of carboxylic acid groups (broad SMARTS) is 1. The highest BCUT2D eigenvalue weighted by Gasteiger charge is 2.18. The predicted molar refractivity (Wildman–Crippen MR) is 71.6 cm³/mol. The third-order valence-corrected chi connectivity index (χ3v) is 2.71. The molecule has 1 aromatic carbocycles. The minimum Gasteiger partial charge on any atom is -0.481 e. The van der Waals surface area contributed by atoms with Gasteiger partial charge in [0, 0.05) is 0 Å². The van der Waals surface area contributed by atoms with E-state index in [1.807, 2.05) is 0 Å². The molecule has 1 aromatic rings. The SMILES string of the molecule is COC(=O)c1ccc(Cl)c(NC(=O)C(N)CC(=O)O)c1. The molecule has 1 unspecified atom stereocenters. The number of carboxylic acids is 1. The van der Waals surface area contributed by atoms with Gasteiger partial charge in [0.15, 0.2) is 0 Å². The van der Waals surface area contributed by atoms with Crippen LogP contribution in [0.25, 0.3) is 0 Å². The molecule has 1 rings (SSSR count). The van der Waals surface area contributed by atoms with Crippen molar-refractivity contribution in [2.45, 2.75) is 12.5 Å². The largest absolute Gasteiger partial charge is 0.481 e. The van der Waals surface area contributed by atoms with Gasteiger partial charge in [-0.15, -0.1) is 0 Å². The van der Waals surface area contributed by atoms with Gasteiger partial charge in [-0.25, -0.2) is 4.79 Å². The Balaban J connectivity index is 2.88. The second-order valence-electron chi connectivity index (χ2n) is 3.88. The number of hydrogen-bond acceptors (Lipinski definition) is 5. The number of benzene rings is 1. The summed E-state index contributed by atoms with van der Waals surface area (Å²) < 4.78 is 4.54. The van der Waals surface area contributed by atoms with E-state index in [1.54, 1.807) is 0 Å². The number of hydrogen-bond donors (Lipinski definition) is 3. The van der Waals surface area contributed by atoms with Crippen molar-refractivity contribution in [2.24, 2.45) is 5.73 Å². The molecule has 0 bridgehead atoms. The Hall–Kier alpha value is -2.12. The molecule has 7 nitrogen and oxygen atoms in total. The first kappa shape index (κ1) is 15.9. The number of ether oxygens (including phenoxy) is 1. The summed E-state index contributed by atoms with van der Waals surface area (Å²) in [7, 11) is 1.22. The standard InChI is InChI=1S/C12H13ClN2O5/c1-20-12(19)6-2-3-7(13)9(4-6)15-11(18)8(14)5-10(16)17/h2-4,8H,5,14H2,1H3,(H,15,18)(H,16,17). The van der Waals surface area contributed by atoms with Gasteiger partial charge < -0.3 is 20.9 Å². The Kier molecular flexibility index (Phi) is 5.48. The van der Waals surface area contributed by atoms with Crippen LogP contribution >= 0.6 is 11.6 Å². The molecule has 0 spiro atoms. The number of methoxy groups -OCH3 is 1. The van der Waals surface area contributed by atoms with Crippen LogP contribution in [0.5, 0.6) is 0 Å². The Bertz CT molecular complexity index is 547. The number of nitrogens with one attached hydrogen (secondary N) is 1. The van der Waals surface area contributed by atoms with Gasteiger partial charge in [-0.2, -0.15) is 0 Å².